The summed E-state index contributed by atoms with van der Waals surface area (Å²) < 4.78 is 0. The molecule has 0 heterocycles. The Morgan fingerprint density at radius 2 is 2.14 bits per heavy atom. The molecule has 0 saturated heterocycles. The van der Waals surface area contributed by atoms with Gasteiger partial charge in [0.05, 0.1) is 16.6 Å². The summed E-state index contributed by atoms with van der Waals surface area (Å²) in [6.45, 7) is 1.44. The molecule has 21 heavy (non-hydrogen) atoms. The Morgan fingerprint density at radius 3 is 2.67 bits per heavy atom. The number of hydrogen-bond acceptors (Lipinski definition) is 6. The second kappa shape index (κ2) is 7.46. The van der Waals surface area contributed by atoms with E-state index >= 15 is 0 Å². The van der Waals surface area contributed by atoms with E-state index in [1.165, 1.54) is 19.1 Å². The lowest BCUT2D eigenvalue weighted by Crippen LogP contribution is -2.28. The van der Waals surface area contributed by atoms with Gasteiger partial charge in [-0.2, -0.15) is 0 Å². The summed E-state index contributed by atoms with van der Waals surface area (Å²) in [5, 5.41) is 33.2. The zero-order chi connectivity index (χ0) is 16.0. The lowest BCUT2D eigenvalue weighted by molar-refractivity contribution is -0.386. The van der Waals surface area contributed by atoms with Crippen LogP contribution in [0.25, 0.3) is 0 Å². The number of aliphatic hydroxyl groups is 2. The first kappa shape index (κ1) is 16.7. The summed E-state index contributed by atoms with van der Waals surface area (Å²) in [5.41, 5.74) is -0.419. The van der Waals surface area contributed by atoms with Crippen molar-refractivity contribution in [3.05, 3.63) is 39.4 Å². The minimum atomic E-state index is -1.49. The summed E-state index contributed by atoms with van der Waals surface area (Å²) in [4.78, 5) is 31.6. The first-order valence-corrected chi connectivity index (χ1v) is 6.21. The summed E-state index contributed by atoms with van der Waals surface area (Å²) in [5.74, 6) is -0.280. The molecule has 3 N–H and O–H groups in total. The SMILES string of the molecule is CC(=O)NCCC(O)C(O)c1ccc(C=O)cc1[N+](=O)[O-]. The van der Waals surface area contributed by atoms with Crippen molar-refractivity contribution in [3.63, 3.8) is 0 Å². The maximum Gasteiger partial charge on any atom is 0.276 e. The molecule has 0 radical (unpaired) electrons. The van der Waals surface area contributed by atoms with Crippen molar-refractivity contribution < 1.29 is 24.7 Å². The van der Waals surface area contributed by atoms with E-state index in [0.29, 0.717) is 6.29 Å². The number of nitrogens with zero attached hydrogens (tertiary/aromatic N) is 1. The number of aldehydes is 1. The molecule has 1 aromatic rings. The van der Waals surface area contributed by atoms with E-state index in [9.17, 15) is 29.9 Å². The van der Waals surface area contributed by atoms with Gasteiger partial charge in [-0.1, -0.05) is 6.07 Å². The standard InChI is InChI=1S/C13H16N2O6/c1-8(17)14-5-4-12(18)13(19)10-3-2-9(7-16)6-11(10)15(20)21/h2-3,6-7,12-13,18-19H,4-5H2,1H3,(H,14,17). The molecule has 1 aromatic carbocycles. The van der Waals surface area contributed by atoms with Gasteiger partial charge in [0, 0.05) is 25.1 Å². The second-order valence-corrected chi connectivity index (χ2v) is 4.48. The monoisotopic (exact) mass is 296 g/mol. The molecular formula is C13H16N2O6. The van der Waals surface area contributed by atoms with Crippen LogP contribution in [-0.4, -0.2) is 40.0 Å². The molecule has 0 fully saturated rings. The average molecular weight is 296 g/mol. The van der Waals surface area contributed by atoms with Gasteiger partial charge in [0.25, 0.3) is 5.69 Å². The summed E-state index contributed by atoms with van der Waals surface area (Å²) in [6, 6.07) is 3.58. The van der Waals surface area contributed by atoms with Gasteiger partial charge in [-0.05, 0) is 12.5 Å². The van der Waals surface area contributed by atoms with Gasteiger partial charge in [0.15, 0.2) is 0 Å². The quantitative estimate of drug-likeness (QED) is 0.377. The Hall–Kier alpha value is -2.32. The molecule has 8 heteroatoms. The number of nitro groups is 1. The van der Waals surface area contributed by atoms with Gasteiger partial charge in [-0.25, -0.2) is 0 Å². The maximum absolute atomic E-state index is 11.0. The van der Waals surface area contributed by atoms with Crippen LogP contribution < -0.4 is 5.32 Å². The first-order valence-electron chi connectivity index (χ1n) is 6.21. The number of benzene rings is 1. The van der Waals surface area contributed by atoms with Crippen molar-refractivity contribution >= 4 is 17.9 Å². The number of carbonyl (C=O) groups is 2. The van der Waals surface area contributed by atoms with Gasteiger partial charge >= 0.3 is 0 Å². The first-order chi connectivity index (χ1) is 9.86. The van der Waals surface area contributed by atoms with Crippen LogP contribution in [0.2, 0.25) is 0 Å². The van der Waals surface area contributed by atoms with Crippen LogP contribution in [0.15, 0.2) is 18.2 Å². The Bertz CT molecular complexity index is 545. The number of amides is 1. The number of nitrogens with one attached hydrogen (secondary N) is 1. The van der Waals surface area contributed by atoms with Gasteiger partial charge in [0.2, 0.25) is 5.91 Å². The summed E-state index contributed by atoms with van der Waals surface area (Å²) in [7, 11) is 0. The van der Waals surface area contributed by atoms with Crippen molar-refractivity contribution in [1.29, 1.82) is 0 Å². The molecule has 8 nitrogen and oxygen atoms in total. The third-order valence-electron chi connectivity index (χ3n) is 2.88. The molecule has 2 atom stereocenters. The zero-order valence-corrected chi connectivity index (χ0v) is 11.4. The van der Waals surface area contributed by atoms with Crippen molar-refractivity contribution in [1.82, 2.24) is 5.32 Å². The largest absolute Gasteiger partial charge is 0.390 e. The van der Waals surface area contributed by atoms with Crippen molar-refractivity contribution in [2.24, 2.45) is 0 Å². The summed E-state index contributed by atoms with van der Waals surface area (Å²) >= 11 is 0. The van der Waals surface area contributed by atoms with E-state index in [1.807, 2.05) is 0 Å². The number of rotatable bonds is 7. The number of hydrogen-bond donors (Lipinski definition) is 3. The molecular weight excluding hydrogens is 280 g/mol. The van der Waals surface area contributed by atoms with Crippen LogP contribution in [0.5, 0.6) is 0 Å². The van der Waals surface area contributed by atoms with E-state index < -0.39 is 22.8 Å². The van der Waals surface area contributed by atoms with Crippen molar-refractivity contribution in [2.75, 3.05) is 6.54 Å². The van der Waals surface area contributed by atoms with Crippen LogP contribution in [-0.2, 0) is 4.79 Å². The Kier molecular flexibility index (Phi) is 5.94. The smallest absolute Gasteiger partial charge is 0.276 e. The highest BCUT2D eigenvalue weighted by atomic mass is 16.6. The topological polar surface area (TPSA) is 130 Å². The predicted molar refractivity (Wildman–Crippen MR) is 72.8 cm³/mol. The third kappa shape index (κ3) is 4.62. The molecule has 0 saturated carbocycles. The fourth-order valence-corrected chi connectivity index (χ4v) is 1.80. The third-order valence-corrected chi connectivity index (χ3v) is 2.88. The van der Waals surface area contributed by atoms with Crippen molar-refractivity contribution in [2.45, 2.75) is 25.6 Å². The highest BCUT2D eigenvalue weighted by Crippen LogP contribution is 2.28. The van der Waals surface area contributed by atoms with E-state index in [1.54, 1.807) is 0 Å². The molecule has 1 amide bonds. The average Bonchev–Trinajstić information content (AvgIpc) is 2.45. The van der Waals surface area contributed by atoms with Gasteiger partial charge in [-0.3, -0.25) is 19.7 Å². The van der Waals surface area contributed by atoms with Crippen LogP contribution >= 0.6 is 0 Å². The molecule has 0 bridgehead atoms. The lowest BCUT2D eigenvalue weighted by Gasteiger charge is -2.18. The minimum Gasteiger partial charge on any atom is -0.390 e. The Morgan fingerprint density at radius 1 is 1.48 bits per heavy atom. The summed E-state index contributed by atoms with van der Waals surface area (Å²) in [6.07, 6.45) is -2.28. The fraction of sp³-hybridized carbons (Fsp3) is 0.385. The maximum atomic E-state index is 11.0. The molecule has 2 unspecified atom stereocenters. The molecule has 0 spiro atoms. The van der Waals surface area contributed by atoms with Crippen LogP contribution in [0.4, 0.5) is 5.69 Å². The number of carbonyl (C=O) groups excluding carboxylic acids is 2. The van der Waals surface area contributed by atoms with Crippen LogP contribution in [0.3, 0.4) is 0 Å². The fourth-order valence-electron chi connectivity index (χ4n) is 1.80. The predicted octanol–water partition coefficient (Wildman–Crippen LogP) is 0.328. The normalized spacial score (nSPS) is 13.3. The number of nitro benzene ring substituents is 1. The number of aliphatic hydroxyl groups excluding tert-OH is 2. The highest BCUT2D eigenvalue weighted by Gasteiger charge is 2.26. The van der Waals surface area contributed by atoms with Gasteiger partial charge in [0.1, 0.15) is 12.4 Å². The van der Waals surface area contributed by atoms with E-state index in [-0.39, 0.29) is 30.0 Å². The van der Waals surface area contributed by atoms with Crippen LogP contribution in [0.1, 0.15) is 35.4 Å². The van der Waals surface area contributed by atoms with Crippen LogP contribution in [0, 0.1) is 10.1 Å². The van der Waals surface area contributed by atoms with Gasteiger partial charge < -0.3 is 15.5 Å². The molecule has 0 aliphatic heterocycles. The molecule has 0 aliphatic rings. The molecule has 0 aromatic heterocycles. The Labute approximate surface area is 120 Å². The van der Waals surface area contributed by atoms with E-state index in [4.69, 9.17) is 0 Å². The highest BCUT2D eigenvalue weighted by molar-refractivity contribution is 5.76. The van der Waals surface area contributed by atoms with Crippen molar-refractivity contribution in [3.8, 4) is 0 Å². The second-order valence-electron chi connectivity index (χ2n) is 4.48. The molecule has 114 valence electrons. The van der Waals surface area contributed by atoms with E-state index in [0.717, 1.165) is 6.07 Å². The molecule has 1 rings (SSSR count). The van der Waals surface area contributed by atoms with Gasteiger partial charge in [-0.15, -0.1) is 0 Å². The lowest BCUT2D eigenvalue weighted by atomic mass is 9.99. The van der Waals surface area contributed by atoms with E-state index in [2.05, 4.69) is 5.32 Å². The zero-order valence-electron chi connectivity index (χ0n) is 11.4. The Balaban J connectivity index is 2.90. The molecule has 0 aliphatic carbocycles. The minimum absolute atomic E-state index is 0.0351.